The normalized spacial score (nSPS) is 22.9. The zero-order valence-electron chi connectivity index (χ0n) is 18.8. The predicted molar refractivity (Wildman–Crippen MR) is 130 cm³/mol. The molecule has 1 heterocycles. The Morgan fingerprint density at radius 2 is 1.88 bits per heavy atom. The SMILES string of the molecule is CC(C)OC(=O)[C@@H]1C[C@@H](N=C=S)C=C[C@@]12C(=O)N(C(=O)OCc1ccccc1)c1ccccc12. The molecule has 34 heavy (non-hydrogen) atoms. The predicted octanol–water partition coefficient (Wildman–Crippen LogP) is 4.61. The zero-order chi connectivity index (χ0) is 24.3. The minimum Gasteiger partial charge on any atom is -0.463 e. The molecule has 2 amide bonds. The fourth-order valence-corrected chi connectivity index (χ4v) is 4.67. The number of benzene rings is 2. The van der Waals surface area contributed by atoms with Crippen LogP contribution in [0.4, 0.5) is 10.5 Å². The van der Waals surface area contributed by atoms with Crippen molar-refractivity contribution in [2.75, 3.05) is 4.90 Å². The highest BCUT2D eigenvalue weighted by atomic mass is 32.1. The Hall–Kier alpha value is -3.61. The summed E-state index contributed by atoms with van der Waals surface area (Å²) in [5.41, 5.74) is 0.307. The Bertz CT molecular complexity index is 1190. The van der Waals surface area contributed by atoms with E-state index in [1.165, 1.54) is 0 Å². The van der Waals surface area contributed by atoms with Gasteiger partial charge in [-0.3, -0.25) is 9.59 Å². The third kappa shape index (κ3) is 4.18. The number of esters is 1. The summed E-state index contributed by atoms with van der Waals surface area (Å²) in [5, 5.41) is 2.34. The molecule has 1 aliphatic heterocycles. The summed E-state index contributed by atoms with van der Waals surface area (Å²) in [6.07, 6.45) is 2.39. The molecule has 7 nitrogen and oxygen atoms in total. The maximum Gasteiger partial charge on any atom is 0.421 e. The molecule has 2 aliphatic rings. The van der Waals surface area contributed by atoms with Crippen molar-refractivity contribution in [1.29, 1.82) is 0 Å². The van der Waals surface area contributed by atoms with E-state index >= 15 is 0 Å². The number of aliphatic imine (C=N–C) groups is 1. The second kappa shape index (κ2) is 9.71. The van der Waals surface area contributed by atoms with Crippen LogP contribution in [0.15, 0.2) is 71.7 Å². The summed E-state index contributed by atoms with van der Waals surface area (Å²) in [7, 11) is 0. The number of fused-ring (bicyclic) bond motifs is 2. The van der Waals surface area contributed by atoms with Crippen LogP contribution < -0.4 is 4.90 Å². The number of thiocarbonyl (C=S) groups is 1. The number of hydrogen-bond acceptors (Lipinski definition) is 7. The monoisotopic (exact) mass is 476 g/mol. The summed E-state index contributed by atoms with van der Waals surface area (Å²) in [6.45, 7) is 3.50. The Balaban J connectivity index is 1.75. The lowest BCUT2D eigenvalue weighted by Crippen LogP contribution is -2.51. The number of amides is 2. The van der Waals surface area contributed by atoms with Crippen LogP contribution in [-0.2, 0) is 31.1 Å². The lowest BCUT2D eigenvalue weighted by Gasteiger charge is -2.36. The minimum atomic E-state index is -1.41. The second-order valence-corrected chi connectivity index (χ2v) is 8.67. The molecular weight excluding hydrogens is 452 g/mol. The van der Waals surface area contributed by atoms with Crippen molar-refractivity contribution in [3.63, 3.8) is 0 Å². The number of para-hydroxylation sites is 1. The van der Waals surface area contributed by atoms with E-state index in [0.717, 1.165) is 10.5 Å². The number of isothiocyanates is 1. The van der Waals surface area contributed by atoms with Crippen LogP contribution in [0.2, 0.25) is 0 Å². The molecule has 0 fully saturated rings. The molecule has 0 bridgehead atoms. The first-order valence-electron chi connectivity index (χ1n) is 11.0. The molecule has 0 aromatic heterocycles. The van der Waals surface area contributed by atoms with Crippen molar-refractivity contribution in [1.82, 2.24) is 0 Å². The first-order valence-corrected chi connectivity index (χ1v) is 11.4. The van der Waals surface area contributed by atoms with Gasteiger partial charge in [-0.15, -0.1) is 0 Å². The lowest BCUT2D eigenvalue weighted by atomic mass is 9.65. The van der Waals surface area contributed by atoms with Gasteiger partial charge in [0.05, 0.1) is 28.9 Å². The van der Waals surface area contributed by atoms with E-state index in [0.29, 0.717) is 11.3 Å². The molecule has 2 aromatic rings. The molecule has 8 heteroatoms. The van der Waals surface area contributed by atoms with Crippen molar-refractivity contribution < 1.29 is 23.9 Å². The summed E-state index contributed by atoms with van der Waals surface area (Å²) in [5.74, 6) is -2.00. The summed E-state index contributed by atoms with van der Waals surface area (Å²) >= 11 is 4.74. The molecule has 0 radical (unpaired) electrons. The van der Waals surface area contributed by atoms with Gasteiger partial charge in [0, 0.05) is 0 Å². The molecule has 3 atom stereocenters. The molecule has 0 saturated carbocycles. The standard InChI is InChI=1S/C26H24N2O5S/c1-17(2)33-23(29)21-14-19(27-16-34)12-13-26(21)20-10-6-7-11-22(20)28(24(26)30)25(31)32-15-18-8-4-3-5-9-18/h3-13,17,19,21H,14-15H2,1-2H3/t19-,21-,26-/m0/s1. The number of rotatable bonds is 5. The van der Waals surface area contributed by atoms with E-state index < -0.39 is 35.3 Å². The first-order chi connectivity index (χ1) is 16.4. The van der Waals surface area contributed by atoms with Crippen molar-refractivity contribution in [3.05, 3.63) is 77.9 Å². The molecule has 174 valence electrons. The molecule has 4 rings (SSSR count). The molecule has 1 aliphatic carbocycles. The Morgan fingerprint density at radius 3 is 2.59 bits per heavy atom. The lowest BCUT2D eigenvalue weighted by molar-refractivity contribution is -0.157. The first kappa shape index (κ1) is 23.5. The third-order valence-electron chi connectivity index (χ3n) is 6.00. The van der Waals surface area contributed by atoms with Gasteiger partial charge in [0.15, 0.2) is 0 Å². The summed E-state index contributed by atoms with van der Waals surface area (Å²) in [6, 6.07) is 15.7. The van der Waals surface area contributed by atoms with Gasteiger partial charge >= 0.3 is 12.1 Å². The van der Waals surface area contributed by atoms with E-state index in [2.05, 4.69) is 10.2 Å². The molecule has 0 N–H and O–H groups in total. The quantitative estimate of drug-likeness (QED) is 0.271. The van der Waals surface area contributed by atoms with Gasteiger partial charge in [0.2, 0.25) is 0 Å². The maximum atomic E-state index is 14.0. The van der Waals surface area contributed by atoms with E-state index in [1.807, 2.05) is 30.3 Å². The average molecular weight is 477 g/mol. The van der Waals surface area contributed by atoms with E-state index in [1.54, 1.807) is 50.3 Å². The van der Waals surface area contributed by atoms with E-state index in [4.69, 9.17) is 21.7 Å². The molecule has 0 unspecified atom stereocenters. The Labute approximate surface area is 203 Å². The molecule has 2 aromatic carbocycles. The van der Waals surface area contributed by atoms with Crippen LogP contribution in [0.3, 0.4) is 0 Å². The van der Waals surface area contributed by atoms with Gasteiger partial charge in [-0.2, -0.15) is 0 Å². The van der Waals surface area contributed by atoms with Crippen LogP contribution in [0.1, 0.15) is 31.4 Å². The highest BCUT2D eigenvalue weighted by Crippen LogP contribution is 2.51. The van der Waals surface area contributed by atoms with E-state index in [9.17, 15) is 14.4 Å². The number of carbonyl (C=O) groups is 3. The summed E-state index contributed by atoms with van der Waals surface area (Å²) < 4.78 is 11.0. The number of hydrogen-bond donors (Lipinski definition) is 0. The van der Waals surface area contributed by atoms with Crippen molar-refractivity contribution in [3.8, 4) is 0 Å². The van der Waals surface area contributed by atoms with Gasteiger partial charge in [-0.25, -0.2) is 14.7 Å². The van der Waals surface area contributed by atoms with Gasteiger partial charge in [-0.1, -0.05) is 60.7 Å². The van der Waals surface area contributed by atoms with Crippen LogP contribution in [0.25, 0.3) is 0 Å². The second-order valence-electron chi connectivity index (χ2n) is 8.49. The number of imide groups is 1. The maximum absolute atomic E-state index is 14.0. The fourth-order valence-electron chi connectivity index (χ4n) is 4.54. The van der Waals surface area contributed by atoms with E-state index in [-0.39, 0.29) is 19.1 Å². The highest BCUT2D eigenvalue weighted by Gasteiger charge is 2.60. The summed E-state index contributed by atoms with van der Waals surface area (Å²) in [4.78, 5) is 45.4. The number of ether oxygens (including phenoxy) is 2. The zero-order valence-corrected chi connectivity index (χ0v) is 19.7. The van der Waals surface area contributed by atoms with Gasteiger partial charge in [-0.05, 0) is 49.7 Å². The average Bonchev–Trinajstić information content (AvgIpc) is 3.07. The smallest absolute Gasteiger partial charge is 0.421 e. The highest BCUT2D eigenvalue weighted by molar-refractivity contribution is 7.78. The fraction of sp³-hybridized carbons (Fsp3) is 0.308. The number of anilines is 1. The van der Waals surface area contributed by atoms with Crippen molar-refractivity contribution in [2.45, 2.75) is 44.4 Å². The van der Waals surface area contributed by atoms with Crippen LogP contribution in [0, 0.1) is 5.92 Å². The minimum absolute atomic E-state index is 0.0126. The Morgan fingerprint density at radius 1 is 1.18 bits per heavy atom. The van der Waals surface area contributed by atoms with Gasteiger partial charge in [0.1, 0.15) is 12.0 Å². The van der Waals surface area contributed by atoms with Crippen molar-refractivity contribution >= 4 is 41.0 Å². The van der Waals surface area contributed by atoms with Crippen LogP contribution in [0.5, 0.6) is 0 Å². The van der Waals surface area contributed by atoms with Crippen molar-refractivity contribution in [2.24, 2.45) is 10.9 Å². The van der Waals surface area contributed by atoms with Crippen LogP contribution >= 0.6 is 12.2 Å². The molecule has 1 spiro atoms. The molecular formula is C26H24N2O5S. The largest absolute Gasteiger partial charge is 0.463 e. The number of carbonyl (C=O) groups excluding carboxylic acids is 3. The third-order valence-corrected chi connectivity index (χ3v) is 6.10. The number of nitrogens with zero attached hydrogens (tertiary/aromatic N) is 2. The Kier molecular flexibility index (Phi) is 6.72. The topological polar surface area (TPSA) is 85.3 Å². The van der Waals surface area contributed by atoms with Gasteiger partial charge in [0.25, 0.3) is 5.91 Å². The van der Waals surface area contributed by atoms with Gasteiger partial charge < -0.3 is 9.47 Å². The van der Waals surface area contributed by atoms with Crippen LogP contribution in [-0.4, -0.2) is 35.3 Å². The molecule has 0 saturated heterocycles.